The summed E-state index contributed by atoms with van der Waals surface area (Å²) in [5.74, 6) is 19.2. The average molecular weight is 975 g/mol. The van der Waals surface area contributed by atoms with Gasteiger partial charge in [-0.2, -0.15) is 0 Å². The molecule has 0 saturated heterocycles. The van der Waals surface area contributed by atoms with Crippen molar-refractivity contribution in [2.75, 3.05) is 0 Å². The summed E-state index contributed by atoms with van der Waals surface area (Å²) in [5.41, 5.74) is 7.15. The zero-order valence-corrected chi connectivity index (χ0v) is 37.8. The number of hydrogen-bond donors (Lipinski definition) is 4. The van der Waals surface area contributed by atoms with Crippen LogP contribution in [-0.4, -0.2) is 20.4 Å². The fourth-order valence-corrected chi connectivity index (χ4v) is 7.95. The molecule has 0 atom stereocenters. The molecule has 4 rings (SSSR count). The van der Waals surface area contributed by atoms with Crippen LogP contribution in [0.3, 0.4) is 0 Å². The Kier molecular flexibility index (Phi) is 18.8. The van der Waals surface area contributed by atoms with Crippen LogP contribution in [0.4, 0.5) is 0 Å². The first-order valence-electron chi connectivity index (χ1n) is 20.4. The summed E-state index contributed by atoms with van der Waals surface area (Å²) in [6, 6.07) is 15.6. The molecule has 0 aromatic heterocycles. The van der Waals surface area contributed by atoms with Gasteiger partial charge in [0.25, 0.3) is 0 Å². The number of phenolic OH excluding ortho intramolecular Hbond substituents is 4. The molecule has 0 unspecified atom stereocenters. The molecular formula is C50H56I2O4. The maximum absolute atomic E-state index is 11.6. The van der Waals surface area contributed by atoms with Gasteiger partial charge in [-0.25, -0.2) is 0 Å². The van der Waals surface area contributed by atoms with Gasteiger partial charge in [0.15, 0.2) is 0 Å². The summed E-state index contributed by atoms with van der Waals surface area (Å²) < 4.78 is 1.52. The Labute approximate surface area is 363 Å². The number of hydrogen-bond acceptors (Lipinski definition) is 4. The smallest absolute Gasteiger partial charge is 0.146 e. The van der Waals surface area contributed by atoms with Gasteiger partial charge in [0.05, 0.1) is 40.5 Å². The van der Waals surface area contributed by atoms with Crippen molar-refractivity contribution in [2.24, 2.45) is 0 Å². The maximum atomic E-state index is 11.6. The van der Waals surface area contributed by atoms with Crippen LogP contribution in [-0.2, 0) is 25.7 Å². The molecule has 6 heteroatoms. The molecule has 56 heavy (non-hydrogen) atoms. The Bertz CT molecular complexity index is 2000. The van der Waals surface area contributed by atoms with Crippen LogP contribution in [0.5, 0.6) is 23.0 Å². The van der Waals surface area contributed by atoms with Crippen molar-refractivity contribution < 1.29 is 20.4 Å². The van der Waals surface area contributed by atoms with Gasteiger partial charge in [-0.3, -0.25) is 0 Å². The Morgan fingerprint density at radius 1 is 0.339 bits per heavy atom. The van der Waals surface area contributed by atoms with Gasteiger partial charge >= 0.3 is 0 Å². The van der Waals surface area contributed by atoms with Gasteiger partial charge in [0, 0.05) is 0 Å². The van der Waals surface area contributed by atoms with E-state index in [1.807, 2.05) is 48.5 Å². The molecule has 0 aliphatic heterocycles. The zero-order valence-electron chi connectivity index (χ0n) is 33.5. The molecule has 4 nitrogen and oxygen atoms in total. The number of unbranched alkanes of at least 4 members (excludes halogenated alkanes) is 8. The highest BCUT2D eigenvalue weighted by Crippen LogP contribution is 2.31. The lowest BCUT2D eigenvalue weighted by Gasteiger charge is -2.09. The fraction of sp³-hybridized carbons (Fsp3) is 0.400. The van der Waals surface area contributed by atoms with Crippen molar-refractivity contribution in [3.63, 3.8) is 0 Å². The highest BCUT2D eigenvalue weighted by Gasteiger charge is 2.13. The number of phenols is 4. The summed E-state index contributed by atoms with van der Waals surface area (Å²) in [6.07, 6.45) is 16.6. The third-order valence-electron chi connectivity index (χ3n) is 9.86. The minimum atomic E-state index is -0.0277. The van der Waals surface area contributed by atoms with E-state index in [0.29, 0.717) is 33.4 Å². The van der Waals surface area contributed by atoms with E-state index in [-0.39, 0.29) is 23.0 Å². The molecule has 294 valence electrons. The predicted octanol–water partition coefficient (Wildman–Crippen LogP) is 12.8. The van der Waals surface area contributed by atoms with E-state index in [1.165, 1.54) is 0 Å². The molecule has 0 radical (unpaired) electrons. The summed E-state index contributed by atoms with van der Waals surface area (Å²) in [7, 11) is 0. The fourth-order valence-electron chi connectivity index (χ4n) is 6.57. The number of benzene rings is 4. The zero-order chi connectivity index (χ0) is 40.5. The van der Waals surface area contributed by atoms with Crippen LogP contribution in [0.2, 0.25) is 0 Å². The lowest BCUT2D eigenvalue weighted by Crippen LogP contribution is -1.94. The molecule has 0 bridgehead atoms. The van der Waals surface area contributed by atoms with Crippen molar-refractivity contribution in [3.05, 3.63) is 111 Å². The van der Waals surface area contributed by atoms with E-state index in [9.17, 15) is 20.4 Å². The summed E-state index contributed by atoms with van der Waals surface area (Å²) in [6.45, 7) is 8.71. The van der Waals surface area contributed by atoms with Crippen LogP contribution in [0.1, 0.15) is 160 Å². The highest BCUT2D eigenvalue weighted by molar-refractivity contribution is 14.1. The van der Waals surface area contributed by atoms with Gasteiger partial charge in [0.1, 0.15) is 23.0 Å². The Balaban J connectivity index is 1.79. The quantitative estimate of drug-likeness (QED) is 0.0512. The predicted molar refractivity (Wildman–Crippen MR) is 249 cm³/mol. The molecule has 0 spiro atoms. The average Bonchev–Trinajstić information content (AvgIpc) is 3.18. The summed E-state index contributed by atoms with van der Waals surface area (Å²) in [5, 5.41) is 44.9. The van der Waals surface area contributed by atoms with Gasteiger partial charge in [-0.15, -0.1) is 0 Å². The Morgan fingerprint density at radius 3 is 0.786 bits per heavy atom. The van der Waals surface area contributed by atoms with Crippen LogP contribution in [0.15, 0.2) is 48.5 Å². The molecule has 0 aliphatic carbocycles. The number of aryl methyl sites for hydroxylation is 4. The monoisotopic (exact) mass is 974 g/mol. The molecule has 0 heterocycles. The minimum Gasteiger partial charge on any atom is -0.506 e. The van der Waals surface area contributed by atoms with Crippen molar-refractivity contribution in [3.8, 4) is 58.5 Å². The van der Waals surface area contributed by atoms with Gasteiger partial charge < -0.3 is 20.4 Å². The molecule has 4 N–H and O–H groups in total. The van der Waals surface area contributed by atoms with Crippen LogP contribution >= 0.6 is 45.2 Å². The first-order chi connectivity index (χ1) is 27.1. The number of aromatic hydroxyl groups is 4. The Morgan fingerprint density at radius 2 is 0.554 bits per heavy atom. The largest absolute Gasteiger partial charge is 0.506 e. The third kappa shape index (κ3) is 13.4. The van der Waals surface area contributed by atoms with E-state index < -0.39 is 0 Å². The van der Waals surface area contributed by atoms with Gasteiger partial charge in [0.2, 0.25) is 0 Å². The first kappa shape index (κ1) is 44.9. The molecule has 0 fully saturated rings. The van der Waals surface area contributed by atoms with E-state index in [1.54, 1.807) is 0 Å². The molecule has 0 aliphatic rings. The van der Waals surface area contributed by atoms with Gasteiger partial charge in [-0.05, 0) is 167 Å². The lowest BCUT2D eigenvalue weighted by molar-refractivity contribution is 0.469. The molecule has 0 amide bonds. The minimum absolute atomic E-state index is 0.0277. The first-order valence-corrected chi connectivity index (χ1v) is 22.5. The molecular weight excluding hydrogens is 918 g/mol. The van der Waals surface area contributed by atoms with Crippen molar-refractivity contribution in [1.29, 1.82) is 0 Å². The van der Waals surface area contributed by atoms with Crippen LogP contribution in [0.25, 0.3) is 0 Å². The second kappa shape index (κ2) is 23.5. The van der Waals surface area contributed by atoms with Crippen LogP contribution < -0.4 is 0 Å². The normalized spacial score (nSPS) is 10.6. The third-order valence-corrected chi connectivity index (χ3v) is 11.5. The molecule has 4 aromatic rings. The van der Waals surface area contributed by atoms with E-state index in [2.05, 4.69) is 108 Å². The second-order valence-corrected chi connectivity index (χ2v) is 16.9. The van der Waals surface area contributed by atoms with E-state index in [4.69, 9.17) is 0 Å². The summed E-state index contributed by atoms with van der Waals surface area (Å²) >= 11 is 4.30. The molecule has 4 aromatic carbocycles. The van der Waals surface area contributed by atoms with Crippen LogP contribution in [0, 0.1) is 42.7 Å². The topological polar surface area (TPSA) is 80.9 Å². The maximum Gasteiger partial charge on any atom is 0.146 e. The molecule has 0 saturated carbocycles. The van der Waals surface area contributed by atoms with Gasteiger partial charge in [-0.1, -0.05) is 115 Å². The van der Waals surface area contributed by atoms with Crippen molar-refractivity contribution in [1.82, 2.24) is 0 Å². The SMILES string of the molecule is CCCCCc1cc(I)c(O)c(C#Cc2cc(CCCCC)cc(C#Cc3cc(CCCCC)cc(C#Cc4cc(CCCCC)cc(I)c4O)c3O)c2O)c1. The van der Waals surface area contributed by atoms with E-state index >= 15 is 0 Å². The standard InChI is InChI=1S/C50H56I2O4/c1-5-9-13-17-35-27-39(47(53)41(29-35)23-25-43-31-37(19-15-11-7-3)33-45(51)49(43)55)21-22-40-28-36(18-14-10-6-2)30-42(48(40)54)24-26-44-32-38(20-16-12-8-4)34-46(52)50(44)56/h27-34,53-56H,5-20H2,1-4H3. The van der Waals surface area contributed by atoms with E-state index in [0.717, 1.165) is 132 Å². The highest BCUT2D eigenvalue weighted by atomic mass is 127. The number of halogens is 2. The second-order valence-electron chi connectivity index (χ2n) is 14.6. The van der Waals surface area contributed by atoms with Crippen molar-refractivity contribution >= 4 is 45.2 Å². The number of rotatable bonds is 16. The lowest BCUT2D eigenvalue weighted by atomic mass is 9.98. The summed E-state index contributed by atoms with van der Waals surface area (Å²) in [4.78, 5) is 0. The van der Waals surface area contributed by atoms with Crippen molar-refractivity contribution in [2.45, 2.75) is 130 Å². The Hall–Kier alpha value is -3.78.